The standard InChI is InChI=1S/C22H24ClNO5/c1-14(2)13-29-22(27)15-4-7-17(8-5-15)24-21(26)11-9-19(25)18-12-16(23)6-10-20(18)28-3/h4-8,10,12,14H,9,11,13H2,1-3H3,(H,24,26). The molecule has 2 rings (SSSR count). The van der Waals surface area contributed by atoms with Gasteiger partial charge in [0.25, 0.3) is 0 Å². The molecule has 0 atom stereocenters. The van der Waals surface area contributed by atoms with Crippen LogP contribution < -0.4 is 10.1 Å². The van der Waals surface area contributed by atoms with Gasteiger partial charge < -0.3 is 14.8 Å². The normalized spacial score (nSPS) is 10.5. The number of hydrogen-bond acceptors (Lipinski definition) is 5. The van der Waals surface area contributed by atoms with Crippen LogP contribution in [0.25, 0.3) is 0 Å². The van der Waals surface area contributed by atoms with Crippen molar-refractivity contribution in [3.8, 4) is 5.75 Å². The fourth-order valence-corrected chi connectivity index (χ4v) is 2.67. The lowest BCUT2D eigenvalue weighted by Crippen LogP contribution is -2.14. The second-order valence-electron chi connectivity index (χ2n) is 6.89. The molecule has 0 aliphatic carbocycles. The summed E-state index contributed by atoms with van der Waals surface area (Å²) in [4.78, 5) is 36.5. The molecule has 0 aromatic heterocycles. The Bertz CT molecular complexity index is 877. The van der Waals surface area contributed by atoms with Gasteiger partial charge in [0.1, 0.15) is 5.75 Å². The van der Waals surface area contributed by atoms with Crippen molar-refractivity contribution < 1.29 is 23.9 Å². The quantitative estimate of drug-likeness (QED) is 0.469. The number of hydrogen-bond donors (Lipinski definition) is 1. The zero-order chi connectivity index (χ0) is 21.4. The third kappa shape index (κ3) is 6.91. The summed E-state index contributed by atoms with van der Waals surface area (Å²) < 4.78 is 10.3. The zero-order valence-electron chi connectivity index (χ0n) is 16.7. The first kappa shape index (κ1) is 22.4. The van der Waals surface area contributed by atoms with E-state index in [0.29, 0.717) is 34.2 Å². The lowest BCUT2D eigenvalue weighted by Gasteiger charge is -2.09. The van der Waals surface area contributed by atoms with Crippen molar-refractivity contribution in [1.29, 1.82) is 0 Å². The number of methoxy groups -OCH3 is 1. The summed E-state index contributed by atoms with van der Waals surface area (Å²) in [7, 11) is 1.47. The Morgan fingerprint density at radius 2 is 1.72 bits per heavy atom. The Morgan fingerprint density at radius 3 is 2.34 bits per heavy atom. The molecule has 1 N–H and O–H groups in total. The van der Waals surface area contributed by atoms with E-state index in [2.05, 4.69) is 5.32 Å². The van der Waals surface area contributed by atoms with E-state index in [1.807, 2.05) is 13.8 Å². The summed E-state index contributed by atoms with van der Waals surface area (Å²) in [6, 6.07) is 11.2. The highest BCUT2D eigenvalue weighted by atomic mass is 35.5. The Balaban J connectivity index is 1.88. The molecule has 0 saturated heterocycles. The molecule has 0 unspecified atom stereocenters. The summed E-state index contributed by atoms with van der Waals surface area (Å²) in [6.07, 6.45) is 0.0226. The van der Waals surface area contributed by atoms with E-state index >= 15 is 0 Å². The molecule has 154 valence electrons. The van der Waals surface area contributed by atoms with Gasteiger partial charge >= 0.3 is 5.97 Å². The smallest absolute Gasteiger partial charge is 0.338 e. The molecule has 2 aromatic carbocycles. The van der Waals surface area contributed by atoms with Gasteiger partial charge in [-0.15, -0.1) is 0 Å². The van der Waals surface area contributed by atoms with Crippen molar-refractivity contribution in [2.24, 2.45) is 5.92 Å². The summed E-state index contributed by atoms with van der Waals surface area (Å²) in [6.45, 7) is 4.26. The van der Waals surface area contributed by atoms with Crippen LogP contribution in [0.1, 0.15) is 47.4 Å². The number of ketones is 1. The SMILES string of the molecule is COc1ccc(Cl)cc1C(=O)CCC(=O)Nc1ccc(C(=O)OCC(C)C)cc1. The predicted octanol–water partition coefficient (Wildman–Crippen LogP) is 4.76. The Labute approximate surface area is 175 Å². The van der Waals surface area contributed by atoms with Crippen molar-refractivity contribution in [2.45, 2.75) is 26.7 Å². The number of Topliss-reactive ketones (excluding diaryl/α,β-unsaturated/α-hetero) is 1. The molecule has 2 aromatic rings. The van der Waals surface area contributed by atoms with Gasteiger partial charge in [-0.25, -0.2) is 4.79 Å². The Morgan fingerprint density at radius 1 is 1.03 bits per heavy atom. The maximum Gasteiger partial charge on any atom is 0.338 e. The largest absolute Gasteiger partial charge is 0.496 e. The van der Waals surface area contributed by atoms with Crippen LogP contribution in [0.15, 0.2) is 42.5 Å². The summed E-state index contributed by atoms with van der Waals surface area (Å²) >= 11 is 5.94. The number of rotatable bonds is 9. The molecule has 0 bridgehead atoms. The minimum Gasteiger partial charge on any atom is -0.496 e. The van der Waals surface area contributed by atoms with Crippen molar-refractivity contribution in [3.63, 3.8) is 0 Å². The molecular weight excluding hydrogens is 394 g/mol. The summed E-state index contributed by atoms with van der Waals surface area (Å²) in [5.74, 6) is -0.276. The van der Waals surface area contributed by atoms with Crippen LogP contribution in [0.4, 0.5) is 5.69 Å². The van der Waals surface area contributed by atoms with Gasteiger partial charge in [-0.1, -0.05) is 25.4 Å². The molecule has 0 spiro atoms. The van der Waals surface area contributed by atoms with E-state index in [4.69, 9.17) is 21.1 Å². The summed E-state index contributed by atoms with van der Waals surface area (Å²) in [5, 5.41) is 3.13. The highest BCUT2D eigenvalue weighted by Gasteiger charge is 2.15. The molecule has 0 fully saturated rings. The molecule has 0 aliphatic heterocycles. The summed E-state index contributed by atoms with van der Waals surface area (Å²) in [5.41, 5.74) is 1.28. The average molecular weight is 418 g/mol. The van der Waals surface area contributed by atoms with Gasteiger partial charge in [0.2, 0.25) is 5.91 Å². The number of ether oxygens (including phenoxy) is 2. The molecule has 0 heterocycles. The Hall–Kier alpha value is -2.86. The average Bonchev–Trinajstić information content (AvgIpc) is 2.70. The maximum atomic E-state index is 12.4. The molecule has 6 nitrogen and oxygen atoms in total. The number of carbonyl (C=O) groups is 3. The number of benzene rings is 2. The third-order valence-corrected chi connectivity index (χ3v) is 4.23. The van der Waals surface area contributed by atoms with Crippen LogP contribution in [0, 0.1) is 5.92 Å². The second kappa shape index (κ2) is 10.6. The van der Waals surface area contributed by atoms with Gasteiger partial charge in [0.05, 0.1) is 24.8 Å². The fraction of sp³-hybridized carbons (Fsp3) is 0.318. The maximum absolute atomic E-state index is 12.4. The molecule has 1 amide bonds. The van der Waals surface area contributed by atoms with E-state index in [1.165, 1.54) is 13.2 Å². The van der Waals surface area contributed by atoms with Gasteiger partial charge in [0.15, 0.2) is 5.78 Å². The van der Waals surface area contributed by atoms with Crippen LogP contribution in [0.2, 0.25) is 5.02 Å². The topological polar surface area (TPSA) is 81.7 Å². The van der Waals surface area contributed by atoms with Crippen LogP contribution in [-0.4, -0.2) is 31.4 Å². The number of amides is 1. The van der Waals surface area contributed by atoms with E-state index in [9.17, 15) is 14.4 Å². The van der Waals surface area contributed by atoms with Gasteiger partial charge in [-0.2, -0.15) is 0 Å². The van der Waals surface area contributed by atoms with E-state index in [0.717, 1.165) is 0 Å². The molecule has 0 radical (unpaired) electrons. The van der Waals surface area contributed by atoms with Crippen LogP contribution in [-0.2, 0) is 9.53 Å². The lowest BCUT2D eigenvalue weighted by atomic mass is 10.1. The van der Waals surface area contributed by atoms with Crippen LogP contribution in [0.5, 0.6) is 5.75 Å². The highest BCUT2D eigenvalue weighted by molar-refractivity contribution is 6.31. The first-order chi connectivity index (χ1) is 13.8. The number of halogens is 1. The van der Waals surface area contributed by atoms with Gasteiger partial charge in [0, 0.05) is 23.6 Å². The number of carbonyl (C=O) groups excluding carboxylic acids is 3. The molecule has 29 heavy (non-hydrogen) atoms. The highest BCUT2D eigenvalue weighted by Crippen LogP contribution is 2.24. The molecular formula is C22H24ClNO5. The number of anilines is 1. The van der Waals surface area contributed by atoms with Crippen LogP contribution in [0.3, 0.4) is 0 Å². The lowest BCUT2D eigenvalue weighted by molar-refractivity contribution is -0.116. The van der Waals surface area contributed by atoms with Crippen LogP contribution >= 0.6 is 11.6 Å². The third-order valence-electron chi connectivity index (χ3n) is 3.99. The van der Waals surface area contributed by atoms with Crippen molar-refractivity contribution in [1.82, 2.24) is 0 Å². The van der Waals surface area contributed by atoms with Crippen molar-refractivity contribution in [2.75, 3.05) is 19.0 Å². The second-order valence-corrected chi connectivity index (χ2v) is 7.32. The van der Waals surface area contributed by atoms with E-state index < -0.39 is 5.97 Å². The molecule has 7 heteroatoms. The van der Waals surface area contributed by atoms with E-state index in [1.54, 1.807) is 36.4 Å². The first-order valence-corrected chi connectivity index (χ1v) is 9.61. The number of esters is 1. The zero-order valence-corrected chi connectivity index (χ0v) is 17.4. The molecule has 0 aliphatic rings. The van der Waals surface area contributed by atoms with E-state index in [-0.39, 0.29) is 30.4 Å². The fourth-order valence-electron chi connectivity index (χ4n) is 2.50. The van der Waals surface area contributed by atoms with Gasteiger partial charge in [-0.3, -0.25) is 9.59 Å². The minimum absolute atomic E-state index is 0.00663. The predicted molar refractivity (Wildman–Crippen MR) is 112 cm³/mol. The van der Waals surface area contributed by atoms with Crippen molar-refractivity contribution >= 4 is 34.9 Å². The minimum atomic E-state index is -0.405. The van der Waals surface area contributed by atoms with Crippen molar-refractivity contribution in [3.05, 3.63) is 58.6 Å². The Kier molecular flexibility index (Phi) is 8.21. The first-order valence-electron chi connectivity index (χ1n) is 9.24. The van der Waals surface area contributed by atoms with Gasteiger partial charge in [-0.05, 0) is 48.4 Å². The monoisotopic (exact) mass is 417 g/mol. The molecule has 0 saturated carbocycles. The number of nitrogens with one attached hydrogen (secondary N) is 1.